The van der Waals surface area contributed by atoms with Crippen molar-refractivity contribution in [2.24, 2.45) is 0 Å². The van der Waals surface area contributed by atoms with Crippen LogP contribution in [0.3, 0.4) is 0 Å². The molecule has 2 aromatic rings. The van der Waals surface area contributed by atoms with Gasteiger partial charge in [0.1, 0.15) is 5.75 Å². The number of rotatable bonds is 5. The van der Waals surface area contributed by atoms with E-state index in [1.54, 1.807) is 0 Å². The first-order valence-electron chi connectivity index (χ1n) is 7.88. The summed E-state index contributed by atoms with van der Waals surface area (Å²) >= 11 is 0. The molecule has 1 aromatic heterocycles. The third kappa shape index (κ3) is 3.28. The predicted octanol–water partition coefficient (Wildman–Crippen LogP) is 2.35. The van der Waals surface area contributed by atoms with Crippen molar-refractivity contribution in [1.82, 2.24) is 15.0 Å². The highest BCUT2D eigenvalue weighted by Gasteiger charge is 2.24. The minimum atomic E-state index is -1.05. The van der Waals surface area contributed by atoms with Gasteiger partial charge in [-0.05, 0) is 50.5 Å². The van der Waals surface area contributed by atoms with E-state index < -0.39 is 5.97 Å². The summed E-state index contributed by atoms with van der Waals surface area (Å²) in [5.41, 5.74) is 0.708. The summed E-state index contributed by atoms with van der Waals surface area (Å²) in [6, 6.07) is 7.28. The molecule has 1 aliphatic rings. The van der Waals surface area contributed by atoms with Gasteiger partial charge in [0.05, 0.1) is 12.3 Å². The molecule has 0 saturated carbocycles. The molecule has 1 aliphatic heterocycles. The molecule has 0 aliphatic carbocycles. The maximum atomic E-state index is 11.5. The van der Waals surface area contributed by atoms with Crippen LogP contribution in [0.15, 0.2) is 24.3 Å². The number of aromatic carboxylic acids is 1. The average molecular weight is 316 g/mol. The molecule has 0 bridgehead atoms. The molecule has 7 nitrogen and oxygen atoms in total. The Kier molecular flexibility index (Phi) is 4.45. The van der Waals surface area contributed by atoms with Crippen LogP contribution in [-0.4, -0.2) is 45.8 Å². The summed E-state index contributed by atoms with van der Waals surface area (Å²) in [7, 11) is 0. The molecule has 2 heterocycles. The zero-order valence-electron chi connectivity index (χ0n) is 13.1. The van der Waals surface area contributed by atoms with E-state index in [4.69, 9.17) is 4.74 Å². The van der Waals surface area contributed by atoms with Gasteiger partial charge in [-0.25, -0.2) is 4.79 Å². The van der Waals surface area contributed by atoms with Crippen LogP contribution in [0.25, 0.3) is 5.69 Å². The monoisotopic (exact) mass is 316 g/mol. The van der Waals surface area contributed by atoms with Crippen molar-refractivity contribution >= 4 is 11.8 Å². The number of ether oxygens (including phenoxy) is 1. The lowest BCUT2D eigenvalue weighted by Crippen LogP contribution is -2.31. The van der Waals surface area contributed by atoms with Crippen molar-refractivity contribution in [3.05, 3.63) is 30.0 Å². The maximum Gasteiger partial charge on any atom is 0.360 e. The molecular formula is C16H20N4O3. The smallest absolute Gasteiger partial charge is 0.360 e. The number of hydrogen-bond acceptors (Lipinski definition) is 5. The normalized spacial score (nSPS) is 14.7. The van der Waals surface area contributed by atoms with Crippen molar-refractivity contribution in [2.75, 3.05) is 24.6 Å². The van der Waals surface area contributed by atoms with E-state index in [0.29, 0.717) is 18.1 Å². The molecule has 1 saturated heterocycles. The van der Waals surface area contributed by atoms with Crippen LogP contribution >= 0.6 is 0 Å². The van der Waals surface area contributed by atoms with Crippen LogP contribution in [0.5, 0.6) is 5.75 Å². The van der Waals surface area contributed by atoms with Gasteiger partial charge in [-0.3, -0.25) is 0 Å². The molecule has 122 valence electrons. The van der Waals surface area contributed by atoms with Gasteiger partial charge in [0.25, 0.3) is 0 Å². The minimum Gasteiger partial charge on any atom is -0.494 e. The van der Waals surface area contributed by atoms with Crippen LogP contribution in [-0.2, 0) is 0 Å². The van der Waals surface area contributed by atoms with Crippen molar-refractivity contribution in [3.8, 4) is 11.4 Å². The molecule has 0 radical (unpaired) electrons. The first-order valence-corrected chi connectivity index (χ1v) is 7.88. The van der Waals surface area contributed by atoms with E-state index in [1.165, 1.54) is 11.2 Å². The number of carboxylic acids is 1. The molecule has 7 heteroatoms. The fraction of sp³-hybridized carbons (Fsp3) is 0.438. The van der Waals surface area contributed by atoms with E-state index in [1.807, 2.05) is 36.1 Å². The van der Waals surface area contributed by atoms with Gasteiger partial charge in [0, 0.05) is 13.1 Å². The third-order valence-corrected chi connectivity index (χ3v) is 3.83. The van der Waals surface area contributed by atoms with Gasteiger partial charge >= 0.3 is 5.97 Å². The molecule has 3 rings (SSSR count). The summed E-state index contributed by atoms with van der Waals surface area (Å²) in [5, 5.41) is 18.0. The lowest BCUT2D eigenvalue weighted by Gasteiger charge is -2.26. The van der Waals surface area contributed by atoms with Gasteiger partial charge in [-0.2, -0.15) is 0 Å². The summed E-state index contributed by atoms with van der Waals surface area (Å²) in [5.74, 6) is 0.159. The SMILES string of the molecule is CCOc1ccc(-n2nc(C(=O)O)c(N3CCCCC3)n2)cc1. The molecular weight excluding hydrogens is 296 g/mol. The molecule has 0 unspecified atom stereocenters. The Labute approximate surface area is 134 Å². The molecule has 23 heavy (non-hydrogen) atoms. The van der Waals surface area contributed by atoms with Gasteiger partial charge < -0.3 is 14.7 Å². The highest BCUT2D eigenvalue weighted by Crippen LogP contribution is 2.23. The van der Waals surface area contributed by atoms with E-state index in [2.05, 4.69) is 10.2 Å². The predicted molar refractivity (Wildman–Crippen MR) is 85.6 cm³/mol. The Morgan fingerprint density at radius 2 is 1.87 bits per heavy atom. The highest BCUT2D eigenvalue weighted by molar-refractivity contribution is 5.91. The van der Waals surface area contributed by atoms with Crippen LogP contribution in [0.4, 0.5) is 5.82 Å². The van der Waals surface area contributed by atoms with Crippen LogP contribution in [0.1, 0.15) is 36.7 Å². The van der Waals surface area contributed by atoms with E-state index in [0.717, 1.165) is 31.7 Å². The first-order chi connectivity index (χ1) is 11.2. The molecule has 0 amide bonds. The highest BCUT2D eigenvalue weighted by atomic mass is 16.5. The molecule has 0 atom stereocenters. The van der Waals surface area contributed by atoms with Crippen molar-refractivity contribution in [1.29, 1.82) is 0 Å². The Morgan fingerprint density at radius 3 is 2.48 bits per heavy atom. The van der Waals surface area contributed by atoms with Crippen molar-refractivity contribution in [3.63, 3.8) is 0 Å². The van der Waals surface area contributed by atoms with Crippen LogP contribution in [0.2, 0.25) is 0 Å². The maximum absolute atomic E-state index is 11.5. The number of benzene rings is 1. The summed E-state index contributed by atoms with van der Waals surface area (Å²) in [6.45, 7) is 4.17. The van der Waals surface area contributed by atoms with Gasteiger partial charge in [-0.15, -0.1) is 15.0 Å². The van der Waals surface area contributed by atoms with Crippen LogP contribution in [0, 0.1) is 0 Å². The lowest BCUT2D eigenvalue weighted by molar-refractivity contribution is 0.0690. The van der Waals surface area contributed by atoms with Gasteiger partial charge in [0.15, 0.2) is 5.82 Å². The fourth-order valence-electron chi connectivity index (χ4n) is 2.71. The Morgan fingerprint density at radius 1 is 1.17 bits per heavy atom. The van der Waals surface area contributed by atoms with Gasteiger partial charge in [0.2, 0.25) is 5.69 Å². The van der Waals surface area contributed by atoms with E-state index >= 15 is 0 Å². The average Bonchev–Trinajstić information content (AvgIpc) is 3.02. The second-order valence-electron chi connectivity index (χ2n) is 5.44. The number of aromatic nitrogens is 3. The second kappa shape index (κ2) is 6.68. The molecule has 1 N–H and O–H groups in total. The zero-order valence-corrected chi connectivity index (χ0v) is 13.1. The van der Waals surface area contributed by atoms with Gasteiger partial charge in [-0.1, -0.05) is 0 Å². The number of piperidine rings is 1. The molecule has 1 aromatic carbocycles. The number of anilines is 1. The zero-order chi connectivity index (χ0) is 16.2. The minimum absolute atomic E-state index is 0.000727. The molecule has 1 fully saturated rings. The molecule has 0 spiro atoms. The third-order valence-electron chi connectivity index (χ3n) is 3.83. The topological polar surface area (TPSA) is 80.5 Å². The van der Waals surface area contributed by atoms with Crippen LogP contribution < -0.4 is 9.64 Å². The summed E-state index contributed by atoms with van der Waals surface area (Å²) < 4.78 is 5.41. The van der Waals surface area contributed by atoms with E-state index in [-0.39, 0.29) is 5.69 Å². The fourth-order valence-corrected chi connectivity index (χ4v) is 2.71. The summed E-state index contributed by atoms with van der Waals surface area (Å²) in [4.78, 5) is 14.9. The second-order valence-corrected chi connectivity index (χ2v) is 5.44. The Hall–Kier alpha value is -2.57. The largest absolute Gasteiger partial charge is 0.494 e. The van der Waals surface area contributed by atoms with Crippen molar-refractivity contribution < 1.29 is 14.6 Å². The Balaban J connectivity index is 1.91. The van der Waals surface area contributed by atoms with E-state index in [9.17, 15) is 9.90 Å². The summed E-state index contributed by atoms with van der Waals surface area (Å²) in [6.07, 6.45) is 3.27. The number of carbonyl (C=O) groups is 1. The number of hydrogen-bond donors (Lipinski definition) is 1. The standard InChI is InChI=1S/C16H20N4O3/c1-2-23-13-8-6-12(7-9-13)20-17-14(16(21)22)15(18-20)19-10-4-3-5-11-19/h6-9H,2-5,10-11H2,1H3,(H,21,22). The quantitative estimate of drug-likeness (QED) is 0.912. The Bertz CT molecular complexity index is 675. The first kappa shape index (κ1) is 15.3. The van der Waals surface area contributed by atoms with Crippen molar-refractivity contribution in [2.45, 2.75) is 26.2 Å². The number of carboxylic acid groups (broad SMARTS) is 1. The lowest BCUT2D eigenvalue weighted by atomic mass is 10.1. The number of nitrogens with zero attached hydrogens (tertiary/aromatic N) is 4.